The van der Waals surface area contributed by atoms with E-state index in [2.05, 4.69) is 52.9 Å². The largest absolute Gasteiger partial charge is 0.490 e. The number of ether oxygens (including phenoxy) is 4. The van der Waals surface area contributed by atoms with Crippen LogP contribution in [-0.2, 0) is 9.47 Å². The van der Waals surface area contributed by atoms with Gasteiger partial charge in [-0.2, -0.15) is 20.1 Å². The summed E-state index contributed by atoms with van der Waals surface area (Å²) in [4.78, 5) is 30.8. The van der Waals surface area contributed by atoms with Crippen molar-refractivity contribution in [1.29, 1.82) is 0 Å². The van der Waals surface area contributed by atoms with Crippen LogP contribution >= 0.6 is 22.6 Å². The number of hydrogen-bond donors (Lipinski definition) is 1. The predicted octanol–water partition coefficient (Wildman–Crippen LogP) is 3.21. The summed E-state index contributed by atoms with van der Waals surface area (Å²) in [6.45, 7) is 7.58. The third-order valence-electron chi connectivity index (χ3n) is 6.14. The van der Waals surface area contributed by atoms with Crippen molar-refractivity contribution in [2.24, 2.45) is 5.10 Å². The van der Waals surface area contributed by atoms with E-state index < -0.39 is 5.97 Å². The predicted molar refractivity (Wildman–Crippen MR) is 159 cm³/mol. The number of anilines is 3. The fourth-order valence-electron chi connectivity index (χ4n) is 4.12. The lowest BCUT2D eigenvalue weighted by Gasteiger charge is -2.30. The van der Waals surface area contributed by atoms with Crippen LogP contribution in [0.4, 0.5) is 17.8 Å². The average Bonchev–Trinajstić information content (AvgIpc) is 2.99. The minimum atomic E-state index is -0.448. The van der Waals surface area contributed by atoms with Crippen LogP contribution < -0.4 is 24.7 Å². The van der Waals surface area contributed by atoms with E-state index in [1.165, 1.54) is 0 Å². The summed E-state index contributed by atoms with van der Waals surface area (Å²) < 4.78 is 23.2. The maximum atomic E-state index is 12.7. The molecule has 0 radical (unpaired) electrons. The molecule has 0 amide bonds. The highest BCUT2D eigenvalue weighted by molar-refractivity contribution is 14.1. The van der Waals surface area contributed by atoms with Crippen molar-refractivity contribution in [3.05, 3.63) is 57.2 Å². The van der Waals surface area contributed by atoms with Crippen molar-refractivity contribution >= 4 is 52.6 Å². The van der Waals surface area contributed by atoms with E-state index in [0.29, 0.717) is 94.1 Å². The molecular weight excluding hydrogens is 629 g/mol. The maximum absolute atomic E-state index is 12.7. The van der Waals surface area contributed by atoms with Crippen molar-refractivity contribution in [2.45, 2.75) is 6.92 Å². The van der Waals surface area contributed by atoms with Gasteiger partial charge in [0, 0.05) is 29.7 Å². The third kappa shape index (κ3) is 7.14. The molecular formula is C27H30IN7O5. The van der Waals surface area contributed by atoms with E-state index in [-0.39, 0.29) is 0 Å². The lowest BCUT2D eigenvalue weighted by atomic mass is 10.2. The Hall–Kier alpha value is -3.56. The monoisotopic (exact) mass is 659 g/mol. The summed E-state index contributed by atoms with van der Waals surface area (Å²) >= 11 is 2.11. The zero-order valence-corrected chi connectivity index (χ0v) is 24.2. The molecule has 2 saturated heterocycles. The summed E-state index contributed by atoms with van der Waals surface area (Å²) in [5.74, 6) is 1.82. The summed E-state index contributed by atoms with van der Waals surface area (Å²) in [6, 6.07) is 12.5. The number of aromatic nitrogens is 3. The van der Waals surface area contributed by atoms with E-state index in [1.54, 1.807) is 36.5 Å². The minimum Gasteiger partial charge on any atom is -0.490 e. The molecule has 2 fully saturated rings. The van der Waals surface area contributed by atoms with Crippen LogP contribution in [0.2, 0.25) is 0 Å². The Morgan fingerprint density at radius 3 is 2.25 bits per heavy atom. The van der Waals surface area contributed by atoms with Gasteiger partial charge in [0.05, 0.1) is 44.8 Å². The highest BCUT2D eigenvalue weighted by Crippen LogP contribution is 2.29. The Balaban J connectivity index is 1.32. The highest BCUT2D eigenvalue weighted by Gasteiger charge is 2.21. The van der Waals surface area contributed by atoms with E-state index in [1.807, 2.05) is 19.1 Å². The number of esters is 1. The van der Waals surface area contributed by atoms with E-state index in [9.17, 15) is 4.79 Å². The summed E-state index contributed by atoms with van der Waals surface area (Å²) in [7, 11) is 0. The van der Waals surface area contributed by atoms with Gasteiger partial charge in [-0.15, -0.1) is 0 Å². The number of nitrogens with zero attached hydrogens (tertiary/aromatic N) is 6. The van der Waals surface area contributed by atoms with Crippen molar-refractivity contribution in [3.8, 4) is 11.5 Å². The number of carbonyl (C=O) groups is 1. The topological polar surface area (TPSA) is 124 Å². The third-order valence-corrected chi connectivity index (χ3v) is 7.08. The highest BCUT2D eigenvalue weighted by atomic mass is 127. The SMILES string of the molecule is CCOc1cc(/C=N\Nc2nc(N3CCOCC3)nc(N3CCOCC3)n2)ccc1OC(=O)c1ccccc1I. The second kappa shape index (κ2) is 13.7. The molecule has 2 aromatic carbocycles. The molecule has 3 aromatic rings. The van der Waals surface area contributed by atoms with E-state index in [0.717, 1.165) is 9.13 Å². The molecule has 1 N–H and O–H groups in total. The molecule has 1 aromatic heterocycles. The van der Waals surface area contributed by atoms with Crippen molar-refractivity contribution in [3.63, 3.8) is 0 Å². The number of hydrogen-bond acceptors (Lipinski definition) is 12. The van der Waals surface area contributed by atoms with Gasteiger partial charge >= 0.3 is 5.97 Å². The standard InChI is InChI=1S/C27H30IN7O5/c1-2-39-23-17-19(7-8-22(23)40-24(36)20-5-3-4-6-21(20)28)18-29-33-25-30-26(34-9-13-37-14-10-34)32-27(31-25)35-11-15-38-16-12-35/h3-8,17-18H,2,9-16H2,1H3,(H,30,31,32,33)/b29-18-. The first-order chi connectivity index (χ1) is 19.6. The van der Waals surface area contributed by atoms with Gasteiger partial charge in [-0.3, -0.25) is 0 Å². The van der Waals surface area contributed by atoms with E-state index >= 15 is 0 Å². The molecule has 5 rings (SSSR count). The van der Waals surface area contributed by atoms with Crippen LogP contribution in [0.15, 0.2) is 47.6 Å². The maximum Gasteiger partial charge on any atom is 0.344 e. The van der Waals surface area contributed by atoms with Gasteiger partial charge in [-0.05, 0) is 65.4 Å². The van der Waals surface area contributed by atoms with Gasteiger partial charge in [0.25, 0.3) is 0 Å². The molecule has 40 heavy (non-hydrogen) atoms. The van der Waals surface area contributed by atoms with Gasteiger partial charge in [0.15, 0.2) is 11.5 Å². The molecule has 13 heteroatoms. The fraction of sp³-hybridized carbons (Fsp3) is 0.370. The van der Waals surface area contributed by atoms with Gasteiger partial charge in [0.2, 0.25) is 17.8 Å². The number of halogens is 1. The molecule has 3 heterocycles. The number of hydrazone groups is 1. The number of nitrogens with one attached hydrogen (secondary N) is 1. The van der Waals surface area contributed by atoms with Gasteiger partial charge in [-0.25, -0.2) is 10.2 Å². The zero-order valence-electron chi connectivity index (χ0n) is 22.1. The van der Waals surface area contributed by atoms with Crippen molar-refractivity contribution in [1.82, 2.24) is 15.0 Å². The molecule has 12 nitrogen and oxygen atoms in total. The van der Waals surface area contributed by atoms with Crippen molar-refractivity contribution in [2.75, 3.05) is 74.4 Å². The smallest absolute Gasteiger partial charge is 0.344 e. The van der Waals surface area contributed by atoms with Crippen LogP contribution in [-0.4, -0.2) is 86.3 Å². The first-order valence-electron chi connectivity index (χ1n) is 13.0. The molecule has 0 unspecified atom stereocenters. The second-order valence-corrected chi connectivity index (χ2v) is 10.00. The van der Waals surface area contributed by atoms with E-state index in [4.69, 9.17) is 23.9 Å². The normalized spacial score (nSPS) is 15.8. The molecule has 2 aliphatic rings. The molecule has 210 valence electrons. The van der Waals surface area contributed by atoms with Crippen LogP contribution in [0.5, 0.6) is 11.5 Å². The zero-order chi connectivity index (χ0) is 27.7. The van der Waals surface area contributed by atoms with Gasteiger partial charge < -0.3 is 28.7 Å². The minimum absolute atomic E-state index is 0.333. The Morgan fingerprint density at radius 2 is 1.62 bits per heavy atom. The Morgan fingerprint density at radius 1 is 0.975 bits per heavy atom. The van der Waals surface area contributed by atoms with Crippen LogP contribution in [0, 0.1) is 3.57 Å². The quantitative estimate of drug-likeness (QED) is 0.120. The number of benzene rings is 2. The number of morpholine rings is 2. The van der Waals surface area contributed by atoms with Crippen molar-refractivity contribution < 1.29 is 23.7 Å². The summed E-state index contributed by atoms with van der Waals surface area (Å²) in [5, 5.41) is 4.36. The van der Waals surface area contributed by atoms with Crippen LogP contribution in [0.3, 0.4) is 0 Å². The Bertz CT molecular complexity index is 1310. The Labute approximate surface area is 245 Å². The first kappa shape index (κ1) is 28.0. The average molecular weight is 659 g/mol. The fourth-order valence-corrected chi connectivity index (χ4v) is 4.72. The molecule has 0 saturated carbocycles. The van der Waals surface area contributed by atoms with Crippen LogP contribution in [0.1, 0.15) is 22.8 Å². The van der Waals surface area contributed by atoms with Gasteiger partial charge in [-0.1, -0.05) is 12.1 Å². The van der Waals surface area contributed by atoms with Gasteiger partial charge in [0.1, 0.15) is 0 Å². The Kier molecular flexibility index (Phi) is 9.57. The lowest BCUT2D eigenvalue weighted by molar-refractivity contribution is 0.0727. The molecule has 0 bridgehead atoms. The molecule has 0 atom stereocenters. The van der Waals surface area contributed by atoms with Crippen LogP contribution in [0.25, 0.3) is 0 Å². The molecule has 0 aliphatic carbocycles. The second-order valence-electron chi connectivity index (χ2n) is 8.84. The number of rotatable bonds is 9. The summed E-state index contributed by atoms with van der Waals surface area (Å²) in [5.41, 5.74) is 4.17. The molecule has 0 spiro atoms. The lowest BCUT2D eigenvalue weighted by Crippen LogP contribution is -2.40. The number of carbonyl (C=O) groups excluding carboxylic acids is 1. The molecule has 2 aliphatic heterocycles. The first-order valence-corrected chi connectivity index (χ1v) is 14.1. The summed E-state index contributed by atoms with van der Waals surface area (Å²) in [6.07, 6.45) is 1.63.